The van der Waals surface area contributed by atoms with Crippen LogP contribution < -0.4 is 9.64 Å². The van der Waals surface area contributed by atoms with E-state index in [1.54, 1.807) is 49.1 Å². The molecule has 5 nitrogen and oxygen atoms in total. The van der Waals surface area contributed by atoms with E-state index < -0.39 is 11.8 Å². The van der Waals surface area contributed by atoms with E-state index in [1.165, 1.54) is 32.1 Å². The van der Waals surface area contributed by atoms with Crippen molar-refractivity contribution >= 4 is 23.6 Å². The van der Waals surface area contributed by atoms with Gasteiger partial charge in [-0.15, -0.1) is 0 Å². The zero-order valence-electron chi connectivity index (χ0n) is 24.3. The summed E-state index contributed by atoms with van der Waals surface area (Å²) in [7, 11) is 0. The van der Waals surface area contributed by atoms with Crippen LogP contribution in [0.25, 0.3) is 6.08 Å². The molecule has 3 aromatic carbocycles. The molecule has 1 heterocycles. The number of carbonyl (C=O) groups excluding carboxylic acids is 2. The van der Waals surface area contributed by atoms with Crippen LogP contribution in [0.1, 0.15) is 92.8 Å². The molecule has 1 aliphatic rings. The van der Waals surface area contributed by atoms with Crippen molar-refractivity contribution in [2.24, 2.45) is 0 Å². The van der Waals surface area contributed by atoms with Crippen LogP contribution in [-0.2, 0) is 16.1 Å². The number of fused-ring (bicyclic) bond motifs is 1. The third-order valence-electron chi connectivity index (χ3n) is 6.86. The van der Waals surface area contributed by atoms with Crippen LogP contribution >= 0.6 is 0 Å². The number of hydrogen-bond acceptors (Lipinski definition) is 4. The summed E-state index contributed by atoms with van der Waals surface area (Å²) in [4.78, 5) is 27.8. The highest BCUT2D eigenvalue weighted by Crippen LogP contribution is 2.34. The molecule has 0 spiro atoms. The maximum atomic E-state index is 13.5. The number of anilines is 1. The lowest BCUT2D eigenvalue weighted by Crippen LogP contribution is -2.39. The predicted octanol–water partition coefficient (Wildman–Crippen LogP) is 8.32. The van der Waals surface area contributed by atoms with Gasteiger partial charge in [-0.1, -0.05) is 93.3 Å². The highest BCUT2D eigenvalue weighted by Gasteiger charge is 2.34. The number of carbonyl (C=O) groups is 2. The fourth-order valence-electron chi connectivity index (χ4n) is 4.65. The Labute approximate surface area is 244 Å². The number of hydrogen-bond donors (Lipinski definition) is 0. The first-order valence-electron chi connectivity index (χ1n) is 14.5. The second-order valence-corrected chi connectivity index (χ2v) is 10.8. The van der Waals surface area contributed by atoms with Crippen LogP contribution in [0, 0.1) is 11.8 Å². The Kier molecular flexibility index (Phi) is 10.4. The second-order valence-electron chi connectivity index (χ2n) is 10.8. The molecule has 0 bridgehead atoms. The van der Waals surface area contributed by atoms with Gasteiger partial charge in [-0.2, -0.15) is 0 Å². The van der Waals surface area contributed by atoms with E-state index in [-0.39, 0.29) is 5.91 Å². The Morgan fingerprint density at radius 3 is 2.39 bits per heavy atom. The molecule has 0 unspecified atom stereocenters. The standard InChI is InChI=1S/C36H39NO4/c1-4-5-6-7-8-9-10-12-17-29-18-20-30(21-19-29)27-37(34(38)25-22-28-15-13-11-14-16-28)31-23-24-33-32(26-31)35(39)41-36(2,3)40-33/h11,13-16,18-26H,4-10,27H2,1-3H3/b25-22+. The summed E-state index contributed by atoms with van der Waals surface area (Å²) < 4.78 is 11.2. The smallest absolute Gasteiger partial charge is 0.345 e. The molecule has 5 heteroatoms. The molecule has 0 N–H and O–H groups in total. The molecule has 0 saturated heterocycles. The van der Waals surface area contributed by atoms with Gasteiger partial charge >= 0.3 is 5.97 Å². The summed E-state index contributed by atoms with van der Waals surface area (Å²) in [5.74, 6) is 5.26. The van der Waals surface area contributed by atoms with Gasteiger partial charge in [0.1, 0.15) is 11.3 Å². The summed E-state index contributed by atoms with van der Waals surface area (Å²) in [6.45, 7) is 5.93. The van der Waals surface area contributed by atoms with Crippen LogP contribution in [-0.4, -0.2) is 17.7 Å². The van der Waals surface area contributed by atoms with E-state index in [9.17, 15) is 9.59 Å². The van der Waals surface area contributed by atoms with Crippen molar-refractivity contribution < 1.29 is 19.1 Å². The largest absolute Gasteiger partial charge is 0.452 e. The fourth-order valence-corrected chi connectivity index (χ4v) is 4.65. The van der Waals surface area contributed by atoms with Crippen LogP contribution in [0.15, 0.2) is 78.9 Å². The minimum Gasteiger partial charge on any atom is -0.452 e. The molecule has 4 rings (SSSR count). The van der Waals surface area contributed by atoms with Crippen LogP contribution in [0.2, 0.25) is 0 Å². The van der Waals surface area contributed by atoms with E-state index in [4.69, 9.17) is 9.47 Å². The molecule has 41 heavy (non-hydrogen) atoms. The summed E-state index contributed by atoms with van der Waals surface area (Å²) in [6.07, 6.45) is 11.8. The van der Waals surface area contributed by atoms with Gasteiger partial charge in [0.25, 0.3) is 5.91 Å². The normalized spacial score (nSPS) is 13.5. The summed E-state index contributed by atoms with van der Waals surface area (Å²) in [5, 5.41) is 0. The fraction of sp³-hybridized carbons (Fsp3) is 0.333. The van der Waals surface area contributed by atoms with Crippen molar-refractivity contribution in [1.29, 1.82) is 0 Å². The van der Waals surface area contributed by atoms with Gasteiger partial charge in [-0.25, -0.2) is 4.79 Å². The first-order valence-corrected chi connectivity index (χ1v) is 14.5. The van der Waals surface area contributed by atoms with Gasteiger partial charge in [0.05, 0.1) is 6.54 Å². The topological polar surface area (TPSA) is 55.8 Å². The molecule has 0 aliphatic carbocycles. The van der Waals surface area contributed by atoms with Crippen molar-refractivity contribution in [3.63, 3.8) is 0 Å². The Morgan fingerprint density at radius 2 is 1.63 bits per heavy atom. The van der Waals surface area contributed by atoms with Crippen molar-refractivity contribution in [2.45, 2.75) is 78.0 Å². The molecule has 212 valence electrons. The Morgan fingerprint density at radius 1 is 0.902 bits per heavy atom. The Balaban J connectivity index is 1.49. The van der Waals surface area contributed by atoms with Crippen molar-refractivity contribution in [1.82, 2.24) is 0 Å². The molecule has 0 fully saturated rings. The van der Waals surface area contributed by atoms with Crippen molar-refractivity contribution in [2.75, 3.05) is 4.90 Å². The van der Waals surface area contributed by atoms with E-state index >= 15 is 0 Å². The van der Waals surface area contributed by atoms with Gasteiger partial charge in [-0.05, 0) is 54.0 Å². The van der Waals surface area contributed by atoms with E-state index in [0.717, 1.165) is 29.5 Å². The zero-order chi connectivity index (χ0) is 29.1. The Bertz CT molecular complexity index is 1410. The van der Waals surface area contributed by atoms with Gasteiger partial charge in [-0.3, -0.25) is 4.79 Å². The monoisotopic (exact) mass is 549 g/mol. The maximum Gasteiger partial charge on any atom is 0.345 e. The quantitative estimate of drug-likeness (QED) is 0.104. The SMILES string of the molecule is CCCCCCCCC#Cc1ccc(CN(C(=O)/C=C/c2ccccc2)c2ccc3c(c2)C(=O)OC(C)(C)O3)cc1. The highest BCUT2D eigenvalue weighted by molar-refractivity contribution is 6.05. The van der Waals surface area contributed by atoms with E-state index in [2.05, 4.69) is 18.8 Å². The van der Waals surface area contributed by atoms with Crippen LogP contribution in [0.3, 0.4) is 0 Å². The summed E-state index contributed by atoms with van der Waals surface area (Å²) in [6, 6.07) is 22.8. The maximum absolute atomic E-state index is 13.5. The minimum atomic E-state index is -1.04. The molecule has 1 aliphatic heterocycles. The van der Waals surface area contributed by atoms with E-state index in [1.807, 2.05) is 54.6 Å². The lowest BCUT2D eigenvalue weighted by molar-refractivity contribution is -0.127. The van der Waals surface area contributed by atoms with Gasteiger partial charge in [0.2, 0.25) is 5.79 Å². The van der Waals surface area contributed by atoms with Crippen molar-refractivity contribution in [3.05, 3.63) is 101 Å². The zero-order valence-corrected chi connectivity index (χ0v) is 24.3. The average molecular weight is 550 g/mol. The molecular weight excluding hydrogens is 510 g/mol. The van der Waals surface area contributed by atoms with Crippen molar-refractivity contribution in [3.8, 4) is 17.6 Å². The number of amides is 1. The first-order chi connectivity index (χ1) is 19.8. The third kappa shape index (κ3) is 8.85. The van der Waals surface area contributed by atoms with Gasteiger partial charge in [0, 0.05) is 37.6 Å². The van der Waals surface area contributed by atoms with E-state index in [0.29, 0.717) is 23.5 Å². The number of nitrogens with zero attached hydrogens (tertiary/aromatic N) is 1. The number of ether oxygens (including phenoxy) is 2. The summed E-state index contributed by atoms with van der Waals surface area (Å²) in [5.41, 5.74) is 3.70. The molecule has 0 saturated carbocycles. The molecule has 0 radical (unpaired) electrons. The summed E-state index contributed by atoms with van der Waals surface area (Å²) >= 11 is 0. The number of benzene rings is 3. The molecule has 3 aromatic rings. The van der Waals surface area contributed by atoms with Crippen LogP contribution in [0.5, 0.6) is 5.75 Å². The second kappa shape index (κ2) is 14.4. The Hall–Kier alpha value is -4.30. The predicted molar refractivity (Wildman–Crippen MR) is 165 cm³/mol. The molecule has 1 amide bonds. The highest BCUT2D eigenvalue weighted by atomic mass is 16.7. The average Bonchev–Trinajstić information content (AvgIpc) is 2.96. The number of rotatable bonds is 11. The van der Waals surface area contributed by atoms with Crippen LogP contribution in [0.4, 0.5) is 5.69 Å². The third-order valence-corrected chi connectivity index (χ3v) is 6.86. The molecule has 0 atom stereocenters. The number of esters is 1. The number of cyclic esters (lactones) is 1. The van der Waals surface area contributed by atoms with Gasteiger partial charge < -0.3 is 14.4 Å². The first kappa shape index (κ1) is 29.7. The molecule has 0 aromatic heterocycles. The van der Waals surface area contributed by atoms with Gasteiger partial charge in [0.15, 0.2) is 0 Å². The number of unbranched alkanes of at least 4 members (excludes halogenated alkanes) is 6. The minimum absolute atomic E-state index is 0.206. The lowest BCUT2D eigenvalue weighted by Gasteiger charge is -2.32. The lowest BCUT2D eigenvalue weighted by atomic mass is 10.1. The molecular formula is C36H39NO4.